The average molecular weight is 1220 g/mol. The predicted octanol–water partition coefficient (Wildman–Crippen LogP) is 12.0. The summed E-state index contributed by atoms with van der Waals surface area (Å²) in [6.45, 7) is 16.6. The molecule has 3 fully saturated rings. The van der Waals surface area contributed by atoms with Crippen LogP contribution in [0.25, 0.3) is 10.9 Å². The number of fused-ring (bicyclic) bond motifs is 3. The largest absolute Gasteiger partial charge is 0.494 e. The van der Waals surface area contributed by atoms with Crippen molar-refractivity contribution in [1.29, 1.82) is 0 Å². The molecule has 4 heterocycles. The topological polar surface area (TPSA) is 190 Å². The van der Waals surface area contributed by atoms with E-state index < -0.39 is 58.9 Å². The van der Waals surface area contributed by atoms with Crippen LogP contribution in [0, 0.1) is 22.7 Å². The number of benzene rings is 3. The molecular formula is C68H88F3N9O8. The van der Waals surface area contributed by atoms with E-state index in [1.807, 2.05) is 62.0 Å². The predicted molar refractivity (Wildman–Crippen MR) is 330 cm³/mol. The van der Waals surface area contributed by atoms with Gasteiger partial charge in [-0.2, -0.15) is 18.3 Å². The number of alkyl halides is 3. The molecule has 2 unspecified atom stereocenters. The molecule has 2 aliphatic heterocycles. The first kappa shape index (κ1) is 63.8. The van der Waals surface area contributed by atoms with Gasteiger partial charge < -0.3 is 40.0 Å². The number of piperidine rings is 1. The van der Waals surface area contributed by atoms with Crippen LogP contribution in [0.3, 0.4) is 0 Å². The molecule has 3 aromatic carbocycles. The molecule has 5 aliphatic rings. The van der Waals surface area contributed by atoms with Crippen molar-refractivity contribution >= 4 is 46.3 Å². The van der Waals surface area contributed by atoms with Gasteiger partial charge in [-0.25, -0.2) is 9.78 Å². The molecule has 474 valence electrons. The number of aryl methyl sites for hydroxylation is 1. The Hall–Kier alpha value is -7.22. The quantitative estimate of drug-likeness (QED) is 0.0751. The third kappa shape index (κ3) is 14.9. The van der Waals surface area contributed by atoms with Gasteiger partial charge in [0.2, 0.25) is 17.7 Å². The molecule has 4 atom stereocenters. The van der Waals surface area contributed by atoms with Crippen LogP contribution in [0.2, 0.25) is 0 Å². The van der Waals surface area contributed by atoms with E-state index in [0.29, 0.717) is 53.0 Å². The molecule has 2 aromatic heterocycles. The van der Waals surface area contributed by atoms with Crippen molar-refractivity contribution < 1.29 is 51.4 Å². The molecular weight excluding hydrogens is 1130 g/mol. The number of halogens is 3. The number of aromatic nitrogens is 3. The molecule has 0 radical (unpaired) electrons. The van der Waals surface area contributed by atoms with E-state index in [9.17, 15) is 32.3 Å². The van der Waals surface area contributed by atoms with Crippen molar-refractivity contribution in [3.05, 3.63) is 113 Å². The second kappa shape index (κ2) is 26.1. The van der Waals surface area contributed by atoms with E-state index in [2.05, 4.69) is 38.0 Å². The Balaban J connectivity index is 0.690. The SMILES string of the molecule is COc1cc2nn(C3CCC(CN4CCC5(CC4)CC(CCCOc4ccc6c(c4)CN(C(=O)C(NC(=O)C(C)N(C)C(=O)OC(C)(C)C)C(C)(C)C)[C@H](C(=O)N[C@@H]4CCCc7ccccc74)C6)C5)CC3)cc2cc1NC(=O)c1cccc(C(F)(F)F)n1. The van der Waals surface area contributed by atoms with Crippen LogP contribution < -0.4 is 25.4 Å². The van der Waals surface area contributed by atoms with Crippen LogP contribution in [-0.4, -0.2) is 123 Å². The van der Waals surface area contributed by atoms with E-state index in [4.69, 9.17) is 19.3 Å². The Morgan fingerprint density at radius 3 is 2.30 bits per heavy atom. The number of anilines is 1. The van der Waals surface area contributed by atoms with Crippen LogP contribution in [0.15, 0.2) is 79.0 Å². The number of carbonyl (C=O) groups is 5. The number of hydrogen-bond donors (Lipinski definition) is 3. The second-order valence-corrected chi connectivity index (χ2v) is 27.7. The lowest BCUT2D eigenvalue weighted by Crippen LogP contribution is -2.62. The van der Waals surface area contributed by atoms with Crippen molar-refractivity contribution in [2.75, 3.05) is 45.7 Å². The number of nitrogens with one attached hydrogen (secondary N) is 3. The van der Waals surface area contributed by atoms with Crippen molar-refractivity contribution in [2.24, 2.45) is 22.7 Å². The van der Waals surface area contributed by atoms with Gasteiger partial charge in [-0.1, -0.05) is 57.2 Å². The summed E-state index contributed by atoms with van der Waals surface area (Å²) < 4.78 is 59.4. The molecule has 1 spiro atoms. The van der Waals surface area contributed by atoms with Gasteiger partial charge >= 0.3 is 12.3 Å². The number of amides is 5. The maximum absolute atomic E-state index is 15.1. The first-order valence-corrected chi connectivity index (χ1v) is 31.6. The number of likely N-dealkylation sites (N-methyl/N-ethyl adjacent to an activating group) is 1. The Kier molecular flexibility index (Phi) is 18.9. The van der Waals surface area contributed by atoms with Crippen molar-refractivity contribution in [1.82, 2.24) is 40.1 Å². The molecule has 17 nitrogen and oxygen atoms in total. The smallest absolute Gasteiger partial charge is 0.433 e. The fourth-order valence-electron chi connectivity index (χ4n) is 14.0. The average Bonchev–Trinajstić information content (AvgIpc) is 1.98. The number of methoxy groups -OCH3 is 1. The van der Waals surface area contributed by atoms with Gasteiger partial charge in [0.25, 0.3) is 5.91 Å². The second-order valence-electron chi connectivity index (χ2n) is 27.7. The fraction of sp³-hybridized carbons (Fsp3) is 0.574. The lowest BCUT2D eigenvalue weighted by atomic mass is 9.56. The number of ether oxygens (including phenoxy) is 3. The van der Waals surface area contributed by atoms with E-state index in [-0.39, 0.29) is 36.1 Å². The molecule has 5 aromatic rings. The summed E-state index contributed by atoms with van der Waals surface area (Å²) in [6, 6.07) is 18.1. The van der Waals surface area contributed by atoms with Crippen molar-refractivity contribution in [3.8, 4) is 11.5 Å². The summed E-state index contributed by atoms with van der Waals surface area (Å²) in [5, 5.41) is 14.7. The minimum absolute atomic E-state index is 0.151. The first-order valence-electron chi connectivity index (χ1n) is 31.6. The van der Waals surface area contributed by atoms with E-state index in [0.717, 1.165) is 112 Å². The summed E-state index contributed by atoms with van der Waals surface area (Å²) in [6.07, 6.45) is 10.9. The molecule has 3 aliphatic carbocycles. The molecule has 1 saturated heterocycles. The molecule has 5 amide bonds. The zero-order valence-corrected chi connectivity index (χ0v) is 52.6. The van der Waals surface area contributed by atoms with E-state index in [1.54, 1.807) is 44.7 Å². The molecule has 3 N–H and O–H groups in total. The van der Waals surface area contributed by atoms with E-state index in [1.165, 1.54) is 56.4 Å². The number of likely N-dealkylation sites (tertiary alicyclic amines) is 1. The zero-order chi connectivity index (χ0) is 62.9. The normalized spacial score (nSPS) is 21.2. The number of pyridine rings is 1. The summed E-state index contributed by atoms with van der Waals surface area (Å²) in [7, 11) is 2.97. The molecule has 0 bridgehead atoms. The van der Waals surface area contributed by atoms with Gasteiger partial charge in [-0.05, 0) is 200 Å². The highest BCUT2D eigenvalue weighted by Crippen LogP contribution is 2.54. The summed E-state index contributed by atoms with van der Waals surface area (Å²) in [5.74, 6) is 0.463. The standard InChI is InChI=1S/C68H88F3N9O8/c1-42(77(8)64(85)88-66(5,6)7)60(81)75-59(65(2,3)4)63(84)79-40-47-33-50(27-24-46(47)35-56(79)62(83)73-52-19-12-17-45-16-10-11-18-51(45)52)87-32-14-15-44-37-67(38-44)28-30-78(31-29-67)39-43-22-25-49(26-23-43)80-41-48-34-55(57(86-9)36-54(48)76-80)74-61(82)53-20-13-21-58(72-53)68(69,70)71/h10-11,13,16,18,20-21,24,27,33-34,36,41-44,49,52,56,59H,12,14-15,17,19,22-23,25-26,28-32,35,37-40H2,1-9H3,(H,73,83)(H,74,82)(H,75,81)/t42?,43?,49?,52-,56+,59?/m1/s1. The number of nitrogens with zero attached hydrogens (tertiary/aromatic N) is 6. The molecule has 10 rings (SSSR count). The third-order valence-corrected chi connectivity index (χ3v) is 19.1. The van der Waals surface area contributed by atoms with Crippen molar-refractivity contribution in [2.45, 2.75) is 187 Å². The lowest BCUT2D eigenvalue weighted by molar-refractivity contribution is -0.147. The highest BCUT2D eigenvalue weighted by molar-refractivity contribution is 6.05. The maximum Gasteiger partial charge on any atom is 0.433 e. The highest BCUT2D eigenvalue weighted by atomic mass is 19.4. The summed E-state index contributed by atoms with van der Waals surface area (Å²) in [4.78, 5) is 78.8. The third-order valence-electron chi connectivity index (χ3n) is 19.1. The fourth-order valence-corrected chi connectivity index (χ4v) is 14.0. The van der Waals surface area contributed by atoms with Crippen LogP contribution in [0.5, 0.6) is 11.5 Å². The van der Waals surface area contributed by atoms with Crippen LogP contribution >= 0.6 is 0 Å². The Morgan fingerprint density at radius 1 is 0.852 bits per heavy atom. The van der Waals surface area contributed by atoms with Crippen LogP contribution in [-0.2, 0) is 44.7 Å². The molecule has 88 heavy (non-hydrogen) atoms. The minimum Gasteiger partial charge on any atom is -0.494 e. The number of carbonyl (C=O) groups excluding carboxylic acids is 5. The number of hydrogen-bond acceptors (Lipinski definition) is 11. The van der Waals surface area contributed by atoms with Gasteiger partial charge in [-0.3, -0.25) is 28.8 Å². The monoisotopic (exact) mass is 1220 g/mol. The van der Waals surface area contributed by atoms with Gasteiger partial charge in [0.1, 0.15) is 46.6 Å². The number of rotatable bonds is 17. The Bertz CT molecular complexity index is 3350. The van der Waals surface area contributed by atoms with E-state index >= 15 is 4.79 Å². The van der Waals surface area contributed by atoms with Gasteiger partial charge in [0.05, 0.1) is 37.0 Å². The Labute approximate surface area is 515 Å². The van der Waals surface area contributed by atoms with Gasteiger partial charge in [-0.15, -0.1) is 0 Å². The minimum atomic E-state index is -4.67. The van der Waals surface area contributed by atoms with Crippen molar-refractivity contribution in [3.63, 3.8) is 0 Å². The van der Waals surface area contributed by atoms with Crippen LogP contribution in [0.1, 0.15) is 176 Å². The Morgan fingerprint density at radius 2 is 1.59 bits per heavy atom. The molecule has 20 heteroatoms. The van der Waals surface area contributed by atoms with Gasteiger partial charge in [0, 0.05) is 44.2 Å². The maximum atomic E-state index is 15.1. The molecule has 2 saturated carbocycles. The highest BCUT2D eigenvalue weighted by Gasteiger charge is 2.47. The summed E-state index contributed by atoms with van der Waals surface area (Å²) >= 11 is 0. The zero-order valence-electron chi connectivity index (χ0n) is 52.6. The lowest BCUT2D eigenvalue weighted by Gasteiger charge is -2.53. The summed E-state index contributed by atoms with van der Waals surface area (Å²) in [5.41, 5.74) is 2.62. The first-order chi connectivity index (χ1) is 41.7. The van der Waals surface area contributed by atoms with Crippen LogP contribution in [0.4, 0.5) is 23.7 Å². The van der Waals surface area contributed by atoms with Gasteiger partial charge in [0.15, 0.2) is 0 Å².